The number of rotatable bonds is 5. The standard InChI is InChI=1S/C21H20N2O4S/c1-15-6-12-20(13-7-15)28(26,27)23(2)18-10-8-16(9-11-18)21(25)22-17-4-3-5-19(24)14-17/h3-14,24H,1-2H3,(H,22,25). The number of aryl methyl sites for hydroxylation is 1. The van der Waals surface area contributed by atoms with E-state index in [9.17, 15) is 18.3 Å². The van der Waals surface area contributed by atoms with Crippen molar-refractivity contribution in [2.75, 3.05) is 16.7 Å². The van der Waals surface area contributed by atoms with E-state index < -0.39 is 10.0 Å². The molecule has 2 N–H and O–H groups in total. The summed E-state index contributed by atoms with van der Waals surface area (Å²) in [7, 11) is -2.22. The minimum Gasteiger partial charge on any atom is -0.508 e. The van der Waals surface area contributed by atoms with Crippen LogP contribution in [-0.4, -0.2) is 26.5 Å². The maximum atomic E-state index is 12.8. The van der Waals surface area contributed by atoms with Gasteiger partial charge in [-0.3, -0.25) is 9.10 Å². The van der Waals surface area contributed by atoms with Gasteiger partial charge in [-0.2, -0.15) is 0 Å². The van der Waals surface area contributed by atoms with Crippen LogP contribution in [0, 0.1) is 6.92 Å². The Balaban J connectivity index is 1.77. The van der Waals surface area contributed by atoms with Gasteiger partial charge in [-0.25, -0.2) is 8.42 Å². The first kappa shape index (κ1) is 19.4. The third kappa shape index (κ3) is 4.15. The summed E-state index contributed by atoms with van der Waals surface area (Å²) in [6, 6.07) is 19.1. The van der Waals surface area contributed by atoms with Crippen molar-refractivity contribution in [1.29, 1.82) is 0 Å². The average Bonchev–Trinajstić information content (AvgIpc) is 2.68. The number of benzene rings is 3. The van der Waals surface area contributed by atoms with Gasteiger partial charge in [-0.15, -0.1) is 0 Å². The Hall–Kier alpha value is -3.32. The highest BCUT2D eigenvalue weighted by atomic mass is 32.2. The van der Waals surface area contributed by atoms with E-state index >= 15 is 0 Å². The van der Waals surface area contributed by atoms with E-state index in [0.717, 1.165) is 5.56 Å². The van der Waals surface area contributed by atoms with Crippen LogP contribution in [0.5, 0.6) is 5.75 Å². The molecule has 0 bridgehead atoms. The molecule has 0 atom stereocenters. The first-order valence-electron chi connectivity index (χ1n) is 8.53. The summed E-state index contributed by atoms with van der Waals surface area (Å²) in [5.74, 6) is -0.308. The van der Waals surface area contributed by atoms with Gasteiger partial charge in [0.1, 0.15) is 5.75 Å². The number of aromatic hydroxyl groups is 1. The molecule has 6 nitrogen and oxygen atoms in total. The molecule has 0 fully saturated rings. The fourth-order valence-corrected chi connectivity index (χ4v) is 3.81. The summed E-state index contributed by atoms with van der Waals surface area (Å²) in [6.07, 6.45) is 0. The second kappa shape index (κ2) is 7.74. The molecule has 0 heterocycles. The van der Waals surface area contributed by atoms with Crippen LogP contribution in [0.1, 0.15) is 15.9 Å². The van der Waals surface area contributed by atoms with E-state index in [1.165, 1.54) is 23.5 Å². The third-order valence-electron chi connectivity index (χ3n) is 4.28. The molecule has 144 valence electrons. The van der Waals surface area contributed by atoms with Gasteiger partial charge in [0.25, 0.3) is 15.9 Å². The van der Waals surface area contributed by atoms with Crippen LogP contribution in [-0.2, 0) is 10.0 Å². The quantitative estimate of drug-likeness (QED) is 0.687. The molecule has 7 heteroatoms. The van der Waals surface area contributed by atoms with Crippen molar-refractivity contribution in [3.8, 4) is 5.75 Å². The monoisotopic (exact) mass is 396 g/mol. The molecule has 0 unspecified atom stereocenters. The summed E-state index contributed by atoms with van der Waals surface area (Å²) in [5, 5.41) is 12.1. The fraction of sp³-hybridized carbons (Fsp3) is 0.0952. The average molecular weight is 396 g/mol. The molecule has 3 rings (SSSR count). The van der Waals surface area contributed by atoms with Crippen LogP contribution in [0.25, 0.3) is 0 Å². The number of amides is 1. The normalized spacial score (nSPS) is 11.1. The molecular weight excluding hydrogens is 376 g/mol. The molecule has 0 radical (unpaired) electrons. The zero-order valence-corrected chi connectivity index (χ0v) is 16.3. The molecule has 1 amide bonds. The summed E-state index contributed by atoms with van der Waals surface area (Å²) < 4.78 is 26.7. The van der Waals surface area contributed by atoms with Gasteiger partial charge in [-0.05, 0) is 55.5 Å². The molecule has 0 aliphatic rings. The minimum absolute atomic E-state index is 0.0519. The van der Waals surface area contributed by atoms with E-state index in [1.54, 1.807) is 60.7 Å². The summed E-state index contributed by atoms with van der Waals surface area (Å²) in [6.45, 7) is 1.89. The highest BCUT2D eigenvalue weighted by molar-refractivity contribution is 7.92. The van der Waals surface area contributed by atoms with Crippen LogP contribution in [0.4, 0.5) is 11.4 Å². The van der Waals surface area contributed by atoms with Crippen LogP contribution in [0.2, 0.25) is 0 Å². The predicted molar refractivity (Wildman–Crippen MR) is 109 cm³/mol. The minimum atomic E-state index is -3.69. The van der Waals surface area contributed by atoms with Crippen molar-refractivity contribution in [3.63, 3.8) is 0 Å². The van der Waals surface area contributed by atoms with Gasteiger partial charge >= 0.3 is 0 Å². The number of phenolic OH excluding ortho intramolecular Hbond substituents is 1. The van der Waals surface area contributed by atoms with Crippen molar-refractivity contribution >= 4 is 27.3 Å². The molecular formula is C21H20N2O4S. The molecule has 0 aliphatic carbocycles. The van der Waals surface area contributed by atoms with Crippen molar-refractivity contribution in [2.45, 2.75) is 11.8 Å². The molecule has 0 saturated heterocycles. The topological polar surface area (TPSA) is 86.7 Å². The number of sulfonamides is 1. The lowest BCUT2D eigenvalue weighted by molar-refractivity contribution is 0.102. The number of hydrogen-bond acceptors (Lipinski definition) is 4. The molecule has 28 heavy (non-hydrogen) atoms. The van der Waals surface area contributed by atoms with E-state index in [1.807, 2.05) is 6.92 Å². The van der Waals surface area contributed by atoms with Crippen molar-refractivity contribution in [2.24, 2.45) is 0 Å². The van der Waals surface area contributed by atoms with Crippen molar-refractivity contribution < 1.29 is 18.3 Å². The molecule has 0 aromatic heterocycles. The van der Waals surface area contributed by atoms with Gasteiger partial charge in [0.15, 0.2) is 0 Å². The highest BCUT2D eigenvalue weighted by Crippen LogP contribution is 2.23. The number of nitrogens with zero attached hydrogens (tertiary/aromatic N) is 1. The zero-order valence-electron chi connectivity index (χ0n) is 15.5. The van der Waals surface area contributed by atoms with E-state index in [2.05, 4.69) is 5.32 Å². The summed E-state index contributed by atoms with van der Waals surface area (Å²) in [4.78, 5) is 12.5. The van der Waals surface area contributed by atoms with Gasteiger partial charge in [0.05, 0.1) is 10.6 Å². The highest BCUT2D eigenvalue weighted by Gasteiger charge is 2.21. The predicted octanol–water partition coefficient (Wildman–Crippen LogP) is 3.78. The van der Waals surface area contributed by atoms with Crippen LogP contribution < -0.4 is 9.62 Å². The lowest BCUT2D eigenvalue weighted by atomic mass is 10.2. The molecule has 0 spiro atoms. The van der Waals surface area contributed by atoms with E-state index in [0.29, 0.717) is 16.9 Å². The first-order chi connectivity index (χ1) is 13.3. The summed E-state index contributed by atoms with van der Waals surface area (Å²) in [5.41, 5.74) is 2.25. The van der Waals surface area contributed by atoms with Crippen LogP contribution >= 0.6 is 0 Å². The van der Waals surface area contributed by atoms with Crippen molar-refractivity contribution in [3.05, 3.63) is 83.9 Å². The molecule has 0 saturated carbocycles. The maximum absolute atomic E-state index is 12.8. The number of hydrogen-bond donors (Lipinski definition) is 2. The Morgan fingerprint density at radius 3 is 2.21 bits per heavy atom. The van der Waals surface area contributed by atoms with Crippen molar-refractivity contribution in [1.82, 2.24) is 0 Å². The second-order valence-electron chi connectivity index (χ2n) is 6.34. The van der Waals surface area contributed by atoms with Crippen LogP contribution in [0.3, 0.4) is 0 Å². The third-order valence-corrected chi connectivity index (χ3v) is 6.08. The Kier molecular flexibility index (Phi) is 5.37. The lowest BCUT2D eigenvalue weighted by Gasteiger charge is -2.20. The molecule has 3 aromatic carbocycles. The first-order valence-corrected chi connectivity index (χ1v) is 9.97. The van der Waals surface area contributed by atoms with Gasteiger partial charge in [-0.1, -0.05) is 23.8 Å². The zero-order chi connectivity index (χ0) is 20.3. The Morgan fingerprint density at radius 1 is 0.964 bits per heavy atom. The van der Waals surface area contributed by atoms with Gasteiger partial charge in [0.2, 0.25) is 0 Å². The largest absolute Gasteiger partial charge is 0.508 e. The lowest BCUT2D eigenvalue weighted by Crippen LogP contribution is -2.26. The number of nitrogens with one attached hydrogen (secondary N) is 1. The SMILES string of the molecule is Cc1ccc(S(=O)(=O)N(C)c2ccc(C(=O)Nc3cccc(O)c3)cc2)cc1. The van der Waals surface area contributed by atoms with Gasteiger partial charge < -0.3 is 10.4 Å². The summed E-state index contributed by atoms with van der Waals surface area (Å²) >= 11 is 0. The Morgan fingerprint density at radius 2 is 1.61 bits per heavy atom. The van der Waals surface area contributed by atoms with Crippen LogP contribution in [0.15, 0.2) is 77.7 Å². The van der Waals surface area contributed by atoms with E-state index in [-0.39, 0.29) is 16.6 Å². The second-order valence-corrected chi connectivity index (χ2v) is 8.31. The van der Waals surface area contributed by atoms with Gasteiger partial charge in [0, 0.05) is 24.4 Å². The fourth-order valence-electron chi connectivity index (χ4n) is 2.62. The Bertz CT molecular complexity index is 1090. The van der Waals surface area contributed by atoms with E-state index in [4.69, 9.17) is 0 Å². The number of phenols is 1. The Labute approximate surface area is 164 Å². The number of carbonyl (C=O) groups excluding carboxylic acids is 1. The number of carbonyl (C=O) groups is 1. The maximum Gasteiger partial charge on any atom is 0.264 e. The number of anilines is 2. The smallest absolute Gasteiger partial charge is 0.264 e. The molecule has 3 aromatic rings. The molecule has 0 aliphatic heterocycles.